The first kappa shape index (κ1) is 25.6. The number of hydrogen-bond acceptors (Lipinski definition) is 9. The van der Waals surface area contributed by atoms with Gasteiger partial charge in [-0.05, 0) is 12.8 Å². The molecule has 1 heterocycles. The van der Waals surface area contributed by atoms with Gasteiger partial charge >= 0.3 is 29.6 Å². The van der Waals surface area contributed by atoms with Crippen LogP contribution in [0.15, 0.2) is 0 Å². The topological polar surface area (TPSA) is 154 Å². The van der Waals surface area contributed by atoms with Gasteiger partial charge in [0.1, 0.15) is 0 Å². The predicted octanol–water partition coefficient (Wildman–Crippen LogP) is -3.26. The maximum Gasteiger partial charge on any atom is 0.695 e. The number of rotatable bonds is 2. The van der Waals surface area contributed by atoms with E-state index in [1.807, 2.05) is 0 Å². The van der Waals surface area contributed by atoms with Crippen LogP contribution >= 0.6 is 0 Å². The number of halogens is 4. The summed E-state index contributed by atoms with van der Waals surface area (Å²) in [6.07, 6.45) is 2.04. The molecule has 0 saturated carbocycles. The van der Waals surface area contributed by atoms with Gasteiger partial charge in [-0.2, -0.15) is 0 Å². The molecule has 9 nitrogen and oxygen atoms in total. The highest BCUT2D eigenvalue weighted by Crippen LogP contribution is 2.07. The second-order valence-corrected chi connectivity index (χ2v) is 2.97. The molecule has 0 aromatic rings. The molecule has 0 bridgehead atoms. The van der Waals surface area contributed by atoms with E-state index in [4.69, 9.17) is 35.2 Å². The third-order valence-electron chi connectivity index (χ3n) is 1.30. The first-order valence-electron chi connectivity index (χ1n) is 5.23. The van der Waals surface area contributed by atoms with Gasteiger partial charge in [0.25, 0.3) is 0 Å². The molecule has 1 aliphatic heterocycles. The summed E-state index contributed by atoms with van der Waals surface area (Å²) in [7, 11) is -10.1. The number of nitrogens with zero attached hydrogens (tertiary/aromatic N) is 1. The van der Waals surface area contributed by atoms with E-state index in [9.17, 15) is 17.3 Å². The summed E-state index contributed by atoms with van der Waals surface area (Å²) >= 11 is 0. The molecular weight excluding hydrogens is 309 g/mol. The first-order valence-corrected chi connectivity index (χ1v) is 5.23. The SMILES string of the molecule is OB(F)ON1CCCC1.OB(O)F.OB(O)F.OB(O)F. The van der Waals surface area contributed by atoms with Crippen molar-refractivity contribution in [3.8, 4) is 0 Å². The van der Waals surface area contributed by atoms with Crippen LogP contribution in [-0.4, -0.2) is 82.9 Å². The quantitative estimate of drug-likeness (QED) is 0.205. The van der Waals surface area contributed by atoms with Gasteiger partial charge in [0.15, 0.2) is 0 Å². The molecule has 21 heavy (non-hydrogen) atoms. The zero-order valence-corrected chi connectivity index (χ0v) is 10.6. The molecule has 1 saturated heterocycles. The van der Waals surface area contributed by atoms with Crippen molar-refractivity contribution in [3.05, 3.63) is 0 Å². The van der Waals surface area contributed by atoms with Crippen LogP contribution in [0.3, 0.4) is 0 Å². The molecule has 1 aliphatic rings. The van der Waals surface area contributed by atoms with E-state index in [-0.39, 0.29) is 0 Å². The van der Waals surface area contributed by atoms with E-state index in [0.717, 1.165) is 25.9 Å². The van der Waals surface area contributed by atoms with Crippen LogP contribution < -0.4 is 0 Å². The molecule has 0 atom stereocenters. The zero-order chi connectivity index (χ0) is 17.4. The van der Waals surface area contributed by atoms with Crippen molar-refractivity contribution >= 4 is 29.6 Å². The van der Waals surface area contributed by atoms with E-state index in [1.54, 1.807) is 0 Å². The molecule has 0 spiro atoms. The van der Waals surface area contributed by atoms with Crippen molar-refractivity contribution in [2.75, 3.05) is 13.1 Å². The summed E-state index contributed by atoms with van der Waals surface area (Å²) in [5, 5.41) is 51.2. The minimum Gasteiger partial charge on any atom is -0.398 e. The van der Waals surface area contributed by atoms with Gasteiger partial charge < -0.3 is 35.2 Å². The fourth-order valence-electron chi connectivity index (χ4n) is 0.917. The Morgan fingerprint density at radius 2 is 0.905 bits per heavy atom. The largest absolute Gasteiger partial charge is 0.695 e. The second-order valence-electron chi connectivity index (χ2n) is 2.97. The maximum absolute atomic E-state index is 11.6. The van der Waals surface area contributed by atoms with Gasteiger partial charge in [-0.25, -0.2) is 5.06 Å². The second kappa shape index (κ2) is 17.7. The van der Waals surface area contributed by atoms with Gasteiger partial charge in [-0.1, -0.05) is 0 Å². The summed E-state index contributed by atoms with van der Waals surface area (Å²) < 4.78 is 46.3. The molecule has 0 unspecified atom stereocenters. The van der Waals surface area contributed by atoms with E-state index in [0.29, 0.717) is 0 Å². The Kier molecular flexibility index (Phi) is 21.5. The molecule has 7 N–H and O–H groups in total. The Bertz CT molecular complexity index is 181. The summed E-state index contributed by atoms with van der Waals surface area (Å²) in [5.41, 5.74) is 0. The average Bonchev–Trinajstić information content (AvgIpc) is 2.65. The Morgan fingerprint density at radius 3 is 1.10 bits per heavy atom. The molecule has 0 aromatic heterocycles. The zero-order valence-electron chi connectivity index (χ0n) is 10.6. The molecule has 0 radical (unpaired) electrons. The Morgan fingerprint density at radius 1 is 0.667 bits per heavy atom. The van der Waals surface area contributed by atoms with Gasteiger partial charge in [0.05, 0.1) is 0 Å². The lowest BCUT2D eigenvalue weighted by Crippen LogP contribution is -2.27. The summed E-state index contributed by atoms with van der Waals surface area (Å²) in [6.45, 7) is 1.45. The van der Waals surface area contributed by atoms with Gasteiger partial charge in [-0.15, -0.1) is 0 Å². The Hall–Kier alpha value is -0.380. The van der Waals surface area contributed by atoms with E-state index in [2.05, 4.69) is 4.76 Å². The lowest BCUT2D eigenvalue weighted by atomic mass is 10.3. The van der Waals surface area contributed by atoms with E-state index in [1.165, 1.54) is 5.06 Å². The highest BCUT2D eigenvalue weighted by atomic mass is 19.1. The lowest BCUT2D eigenvalue weighted by molar-refractivity contribution is -0.0668. The lowest BCUT2D eigenvalue weighted by Gasteiger charge is -2.12. The highest BCUT2D eigenvalue weighted by molar-refractivity contribution is 6.33. The monoisotopic (exact) mass is 325 g/mol. The van der Waals surface area contributed by atoms with Crippen molar-refractivity contribution in [3.63, 3.8) is 0 Å². The van der Waals surface area contributed by atoms with Gasteiger partial charge in [0.2, 0.25) is 0 Å². The predicted molar refractivity (Wildman–Crippen MR) is 64.9 cm³/mol. The fraction of sp³-hybridized carbons (Fsp3) is 1.00. The molecule has 1 rings (SSSR count). The molecule has 17 heteroatoms. The Labute approximate surface area is 119 Å². The molecule has 0 amide bonds. The molecule has 1 fully saturated rings. The van der Waals surface area contributed by atoms with Crippen molar-refractivity contribution in [2.24, 2.45) is 0 Å². The third kappa shape index (κ3) is 54.0. The van der Waals surface area contributed by atoms with Crippen LogP contribution in [0.1, 0.15) is 12.8 Å². The number of hydrogen-bond donors (Lipinski definition) is 7. The van der Waals surface area contributed by atoms with Crippen LogP contribution in [-0.2, 0) is 4.76 Å². The minimum atomic E-state index is -2.67. The average molecular weight is 324 g/mol. The molecule has 124 valence electrons. The van der Waals surface area contributed by atoms with Crippen molar-refractivity contribution in [2.45, 2.75) is 12.8 Å². The minimum absolute atomic E-state index is 0.723. The normalized spacial score (nSPS) is 12.7. The van der Waals surface area contributed by atoms with E-state index < -0.39 is 29.6 Å². The smallest absolute Gasteiger partial charge is 0.398 e. The summed E-state index contributed by atoms with van der Waals surface area (Å²) in [5.74, 6) is 0. The van der Waals surface area contributed by atoms with Crippen LogP contribution in [0.2, 0.25) is 0 Å². The fourth-order valence-corrected chi connectivity index (χ4v) is 0.917. The maximum atomic E-state index is 11.6. The van der Waals surface area contributed by atoms with E-state index >= 15 is 0 Å². The summed E-state index contributed by atoms with van der Waals surface area (Å²) in [6, 6.07) is 0. The van der Waals surface area contributed by atoms with Crippen molar-refractivity contribution in [1.29, 1.82) is 0 Å². The standard InChI is InChI=1S/C4H9BFNO2.3BFH2O2/c6-5(8)9-7-3-1-2-4-7;3*2-1(3)4/h8H,1-4H2;3*3-4H. The van der Waals surface area contributed by atoms with Crippen molar-refractivity contribution in [1.82, 2.24) is 5.06 Å². The highest BCUT2D eigenvalue weighted by Gasteiger charge is 2.20. The third-order valence-corrected chi connectivity index (χ3v) is 1.30. The van der Waals surface area contributed by atoms with Gasteiger partial charge in [0, 0.05) is 13.1 Å². The van der Waals surface area contributed by atoms with Crippen LogP contribution in [0, 0.1) is 0 Å². The summed E-state index contributed by atoms with van der Waals surface area (Å²) in [4.78, 5) is 0. The van der Waals surface area contributed by atoms with Crippen molar-refractivity contribution < 1.29 is 57.2 Å². The van der Waals surface area contributed by atoms with Crippen LogP contribution in [0.5, 0.6) is 0 Å². The number of hydroxylamine groups is 2. The molecular formula is C4H15B4F4NO8. The Balaban J connectivity index is -0.000000230. The first-order chi connectivity index (χ1) is 9.48. The molecule has 0 aromatic carbocycles. The van der Waals surface area contributed by atoms with Crippen LogP contribution in [0.4, 0.5) is 17.3 Å². The van der Waals surface area contributed by atoms with Gasteiger partial charge in [-0.3, -0.25) is 22.0 Å². The van der Waals surface area contributed by atoms with Crippen LogP contribution in [0.25, 0.3) is 0 Å². The molecule has 0 aliphatic carbocycles.